The third-order valence-electron chi connectivity index (χ3n) is 1.69. The molecule has 4 heteroatoms. The van der Waals surface area contributed by atoms with E-state index in [-0.39, 0.29) is 17.4 Å². The molecule has 0 radical (unpaired) electrons. The van der Waals surface area contributed by atoms with Crippen LogP contribution in [0.1, 0.15) is 13.3 Å². The molecule has 0 unspecified atom stereocenters. The van der Waals surface area contributed by atoms with Gasteiger partial charge in [-0.15, -0.1) is 0 Å². The summed E-state index contributed by atoms with van der Waals surface area (Å²) in [6.07, 6.45) is 0.426. The van der Waals surface area contributed by atoms with Gasteiger partial charge in [0, 0.05) is 12.5 Å². The van der Waals surface area contributed by atoms with Crippen molar-refractivity contribution < 1.29 is 13.9 Å². The molecule has 1 aromatic rings. The quantitative estimate of drug-likeness (QED) is 0.774. The van der Waals surface area contributed by atoms with E-state index in [2.05, 4.69) is 0 Å². The van der Waals surface area contributed by atoms with Gasteiger partial charge in [0.1, 0.15) is 18.2 Å². The van der Waals surface area contributed by atoms with Crippen molar-refractivity contribution in [2.75, 3.05) is 6.61 Å². The molecule has 76 valence electrons. The fraction of sp³-hybridized carbons (Fsp3) is 0.300. The zero-order valence-electron chi connectivity index (χ0n) is 7.72. The number of benzene rings is 1. The van der Waals surface area contributed by atoms with E-state index in [0.29, 0.717) is 12.2 Å². The number of halogens is 2. The molecule has 0 bridgehead atoms. The predicted molar refractivity (Wildman–Crippen MR) is 52.2 cm³/mol. The van der Waals surface area contributed by atoms with Crippen LogP contribution in [0.15, 0.2) is 18.2 Å². The Kier molecular flexibility index (Phi) is 3.89. The molecule has 0 N–H and O–H groups in total. The number of hydrogen-bond donors (Lipinski definition) is 0. The fourth-order valence-corrected chi connectivity index (χ4v) is 1.00. The first-order valence-electron chi connectivity index (χ1n) is 4.23. The largest absolute Gasteiger partial charge is 0.486 e. The number of Topliss-reactive ketones (excluding diaryl/α,β-unsaturated/α-hetero) is 1. The van der Waals surface area contributed by atoms with Crippen LogP contribution in [0.5, 0.6) is 5.75 Å². The Bertz CT molecular complexity index is 339. The number of hydrogen-bond acceptors (Lipinski definition) is 2. The normalized spacial score (nSPS) is 9.93. The molecule has 0 heterocycles. The molecule has 0 saturated heterocycles. The zero-order chi connectivity index (χ0) is 10.6. The van der Waals surface area contributed by atoms with Gasteiger partial charge in [-0.3, -0.25) is 4.79 Å². The highest BCUT2D eigenvalue weighted by molar-refractivity contribution is 6.30. The van der Waals surface area contributed by atoms with E-state index in [9.17, 15) is 9.18 Å². The minimum Gasteiger partial charge on any atom is -0.486 e. The van der Waals surface area contributed by atoms with Gasteiger partial charge in [-0.2, -0.15) is 0 Å². The number of ether oxygens (including phenoxy) is 1. The van der Waals surface area contributed by atoms with Crippen LogP contribution in [0.2, 0.25) is 5.02 Å². The van der Waals surface area contributed by atoms with Gasteiger partial charge in [0.05, 0.1) is 5.02 Å². The van der Waals surface area contributed by atoms with Crippen molar-refractivity contribution in [1.29, 1.82) is 0 Å². The Balaban J connectivity index is 2.60. The summed E-state index contributed by atoms with van der Waals surface area (Å²) < 4.78 is 17.8. The van der Waals surface area contributed by atoms with E-state index in [1.165, 1.54) is 18.2 Å². The van der Waals surface area contributed by atoms with Gasteiger partial charge < -0.3 is 4.74 Å². The summed E-state index contributed by atoms with van der Waals surface area (Å²) in [4.78, 5) is 10.9. The number of ketones is 1. The minimum atomic E-state index is -0.499. The second-order valence-corrected chi connectivity index (χ2v) is 3.16. The Labute approximate surface area is 86.6 Å². The maximum absolute atomic E-state index is 12.7. The van der Waals surface area contributed by atoms with Crippen LogP contribution in [0, 0.1) is 5.82 Å². The molecule has 0 saturated carbocycles. The molecule has 2 nitrogen and oxygen atoms in total. The molecule has 1 aromatic carbocycles. The van der Waals surface area contributed by atoms with E-state index < -0.39 is 5.82 Å². The Morgan fingerprint density at radius 3 is 2.86 bits per heavy atom. The summed E-state index contributed by atoms with van der Waals surface area (Å²) in [5.74, 6) is -0.107. The van der Waals surface area contributed by atoms with Gasteiger partial charge in [0.2, 0.25) is 0 Å². The zero-order valence-corrected chi connectivity index (χ0v) is 8.47. The molecule has 0 aromatic heterocycles. The molecular formula is C10H10ClFO2. The van der Waals surface area contributed by atoms with Crippen LogP contribution in [-0.2, 0) is 4.79 Å². The second kappa shape index (κ2) is 4.96. The third kappa shape index (κ3) is 3.00. The number of rotatable bonds is 4. The second-order valence-electron chi connectivity index (χ2n) is 2.76. The van der Waals surface area contributed by atoms with Gasteiger partial charge in [0.15, 0.2) is 5.78 Å². The lowest BCUT2D eigenvalue weighted by Gasteiger charge is -2.04. The van der Waals surface area contributed by atoms with Gasteiger partial charge in [-0.25, -0.2) is 4.39 Å². The Morgan fingerprint density at radius 2 is 2.29 bits per heavy atom. The Hall–Kier alpha value is -1.09. The van der Waals surface area contributed by atoms with Crippen molar-refractivity contribution >= 4 is 17.4 Å². The van der Waals surface area contributed by atoms with Crippen molar-refractivity contribution in [3.8, 4) is 5.75 Å². The average Bonchev–Trinajstić information content (AvgIpc) is 2.19. The molecule has 0 fully saturated rings. The minimum absolute atomic E-state index is 0.00153. The number of carbonyl (C=O) groups is 1. The van der Waals surface area contributed by atoms with Gasteiger partial charge in [0.25, 0.3) is 0 Å². The molecule has 0 amide bonds. The summed E-state index contributed by atoms with van der Waals surface area (Å²) in [6, 6.07) is 3.98. The highest BCUT2D eigenvalue weighted by Crippen LogP contribution is 2.20. The van der Waals surface area contributed by atoms with Gasteiger partial charge in [-0.05, 0) is 12.1 Å². The molecule has 0 aliphatic heterocycles. The standard InChI is InChI=1S/C10H10ClFO2/c1-2-7(13)6-14-8-3-4-10(12)9(11)5-8/h3-5H,2,6H2,1H3. The fourth-order valence-electron chi connectivity index (χ4n) is 0.833. The van der Waals surface area contributed by atoms with Crippen LogP contribution in [-0.4, -0.2) is 12.4 Å². The van der Waals surface area contributed by atoms with E-state index in [0.717, 1.165) is 0 Å². The predicted octanol–water partition coefficient (Wildman–Crippen LogP) is 2.84. The highest BCUT2D eigenvalue weighted by atomic mass is 35.5. The SMILES string of the molecule is CCC(=O)COc1ccc(F)c(Cl)c1. The van der Waals surface area contributed by atoms with Crippen LogP contribution >= 0.6 is 11.6 Å². The smallest absolute Gasteiger partial charge is 0.169 e. The molecule has 0 spiro atoms. The van der Waals surface area contributed by atoms with Gasteiger partial charge >= 0.3 is 0 Å². The van der Waals surface area contributed by atoms with E-state index in [1.54, 1.807) is 6.92 Å². The van der Waals surface area contributed by atoms with Crippen LogP contribution < -0.4 is 4.74 Å². The summed E-state index contributed by atoms with van der Waals surface area (Å²) in [5.41, 5.74) is 0. The van der Waals surface area contributed by atoms with E-state index >= 15 is 0 Å². The maximum Gasteiger partial charge on any atom is 0.169 e. The molecule has 0 atom stereocenters. The number of carbonyl (C=O) groups excluding carboxylic acids is 1. The summed E-state index contributed by atoms with van der Waals surface area (Å²) in [5, 5.41) is -0.00792. The molecular weight excluding hydrogens is 207 g/mol. The lowest BCUT2D eigenvalue weighted by atomic mass is 10.3. The summed E-state index contributed by atoms with van der Waals surface area (Å²) >= 11 is 5.52. The van der Waals surface area contributed by atoms with Crippen molar-refractivity contribution in [2.24, 2.45) is 0 Å². The molecule has 1 rings (SSSR count). The molecule has 0 aliphatic rings. The lowest BCUT2D eigenvalue weighted by Crippen LogP contribution is -2.09. The third-order valence-corrected chi connectivity index (χ3v) is 1.97. The first kappa shape index (κ1) is 11.0. The highest BCUT2D eigenvalue weighted by Gasteiger charge is 2.03. The van der Waals surface area contributed by atoms with E-state index in [1.807, 2.05) is 0 Å². The van der Waals surface area contributed by atoms with Crippen molar-refractivity contribution in [3.05, 3.63) is 29.0 Å². The Morgan fingerprint density at radius 1 is 1.57 bits per heavy atom. The van der Waals surface area contributed by atoms with Gasteiger partial charge in [-0.1, -0.05) is 18.5 Å². The maximum atomic E-state index is 12.7. The molecule has 0 aliphatic carbocycles. The topological polar surface area (TPSA) is 26.3 Å². The summed E-state index contributed by atoms with van der Waals surface area (Å²) in [6.45, 7) is 1.75. The first-order valence-corrected chi connectivity index (χ1v) is 4.61. The van der Waals surface area contributed by atoms with Crippen LogP contribution in [0.4, 0.5) is 4.39 Å². The van der Waals surface area contributed by atoms with Crippen molar-refractivity contribution in [3.63, 3.8) is 0 Å². The summed E-state index contributed by atoms with van der Waals surface area (Å²) in [7, 11) is 0. The van der Waals surface area contributed by atoms with E-state index in [4.69, 9.17) is 16.3 Å². The monoisotopic (exact) mass is 216 g/mol. The first-order chi connectivity index (χ1) is 6.63. The lowest BCUT2D eigenvalue weighted by molar-refractivity contribution is -0.120. The van der Waals surface area contributed by atoms with Crippen LogP contribution in [0.3, 0.4) is 0 Å². The molecule has 14 heavy (non-hydrogen) atoms. The van der Waals surface area contributed by atoms with Crippen LogP contribution in [0.25, 0.3) is 0 Å². The average molecular weight is 217 g/mol. The van der Waals surface area contributed by atoms with Crippen molar-refractivity contribution in [1.82, 2.24) is 0 Å². The van der Waals surface area contributed by atoms with Crippen molar-refractivity contribution in [2.45, 2.75) is 13.3 Å².